The summed E-state index contributed by atoms with van der Waals surface area (Å²) in [6.45, 7) is 16.7. The van der Waals surface area contributed by atoms with Crippen LogP contribution in [0, 0.1) is 29.6 Å². The lowest BCUT2D eigenvalue weighted by molar-refractivity contribution is 0.179. The van der Waals surface area contributed by atoms with Crippen molar-refractivity contribution in [3.8, 4) is 0 Å². The summed E-state index contributed by atoms with van der Waals surface area (Å²) in [5.41, 5.74) is 0. The molecular weight excluding hydrogens is 180 g/mol. The minimum Gasteiger partial charge on any atom is -0.0651 e. The topological polar surface area (TPSA) is 0 Å². The van der Waals surface area contributed by atoms with E-state index in [1.807, 2.05) is 0 Å². The van der Waals surface area contributed by atoms with E-state index in [1.54, 1.807) is 0 Å². The normalized spacial score (nSPS) is 20.0. The van der Waals surface area contributed by atoms with Gasteiger partial charge in [-0.25, -0.2) is 0 Å². The van der Waals surface area contributed by atoms with Crippen molar-refractivity contribution >= 4 is 0 Å². The Morgan fingerprint density at radius 1 is 0.733 bits per heavy atom. The second kappa shape index (κ2) is 7.30. The van der Waals surface area contributed by atoms with E-state index in [0.29, 0.717) is 0 Å². The third-order valence-electron chi connectivity index (χ3n) is 4.55. The molecule has 0 aliphatic carbocycles. The van der Waals surface area contributed by atoms with Gasteiger partial charge in [0.2, 0.25) is 0 Å². The highest BCUT2D eigenvalue weighted by atomic mass is 14.3. The van der Waals surface area contributed by atoms with Crippen LogP contribution in [-0.4, -0.2) is 0 Å². The summed E-state index contributed by atoms with van der Waals surface area (Å²) in [6.07, 6.45) is 4.10. The fourth-order valence-corrected chi connectivity index (χ4v) is 2.47. The fraction of sp³-hybridized carbons (Fsp3) is 1.00. The lowest BCUT2D eigenvalue weighted by atomic mass is 9.74. The third-order valence-corrected chi connectivity index (χ3v) is 4.55. The summed E-state index contributed by atoms with van der Waals surface area (Å²) < 4.78 is 0. The van der Waals surface area contributed by atoms with Crippen LogP contribution in [0.1, 0.15) is 67.7 Å². The van der Waals surface area contributed by atoms with E-state index in [4.69, 9.17) is 0 Å². The highest BCUT2D eigenvalue weighted by molar-refractivity contribution is 4.74. The Kier molecular flexibility index (Phi) is 7.30. The Balaban J connectivity index is 4.26. The smallest absolute Gasteiger partial charge is 0.0386 e. The minimum atomic E-state index is 0.825. The molecule has 0 aliphatic heterocycles. The zero-order valence-electron chi connectivity index (χ0n) is 12.0. The predicted molar refractivity (Wildman–Crippen MR) is 71.0 cm³/mol. The molecule has 15 heavy (non-hydrogen) atoms. The van der Waals surface area contributed by atoms with Gasteiger partial charge in [-0.05, 0) is 36.0 Å². The summed E-state index contributed by atoms with van der Waals surface area (Å²) in [7, 11) is 0. The molecule has 0 saturated carbocycles. The average molecular weight is 212 g/mol. The number of hydrogen-bond acceptors (Lipinski definition) is 0. The molecule has 4 atom stereocenters. The first kappa shape index (κ1) is 15.0. The molecule has 4 unspecified atom stereocenters. The molecule has 0 heterocycles. The maximum Gasteiger partial charge on any atom is -0.0386 e. The van der Waals surface area contributed by atoms with E-state index in [1.165, 1.54) is 19.3 Å². The molecular formula is C15H32. The van der Waals surface area contributed by atoms with Crippen LogP contribution in [0.5, 0.6) is 0 Å². The number of hydrogen-bond donors (Lipinski definition) is 0. The Morgan fingerprint density at radius 2 is 1.27 bits per heavy atom. The van der Waals surface area contributed by atoms with E-state index in [2.05, 4.69) is 48.5 Å². The first-order valence-electron chi connectivity index (χ1n) is 6.93. The molecule has 0 fully saturated rings. The van der Waals surface area contributed by atoms with E-state index in [9.17, 15) is 0 Å². The summed E-state index contributed by atoms with van der Waals surface area (Å²) >= 11 is 0. The first-order chi connectivity index (χ1) is 6.93. The van der Waals surface area contributed by atoms with Gasteiger partial charge in [0, 0.05) is 0 Å². The van der Waals surface area contributed by atoms with E-state index in [-0.39, 0.29) is 0 Å². The zero-order chi connectivity index (χ0) is 12.0. The molecule has 0 aromatic carbocycles. The van der Waals surface area contributed by atoms with Gasteiger partial charge in [0.15, 0.2) is 0 Å². The quantitative estimate of drug-likeness (QED) is 0.531. The molecule has 0 amide bonds. The lowest BCUT2D eigenvalue weighted by Crippen LogP contribution is -2.23. The van der Waals surface area contributed by atoms with Crippen LogP contribution < -0.4 is 0 Å². The van der Waals surface area contributed by atoms with Crippen molar-refractivity contribution in [1.82, 2.24) is 0 Å². The number of rotatable bonds is 7. The van der Waals surface area contributed by atoms with E-state index >= 15 is 0 Å². The lowest BCUT2D eigenvalue weighted by Gasteiger charge is -2.32. The van der Waals surface area contributed by atoms with Gasteiger partial charge in [0.1, 0.15) is 0 Å². The molecule has 0 nitrogen and oxygen atoms in total. The molecule has 0 spiro atoms. The molecule has 92 valence electrons. The minimum absolute atomic E-state index is 0.825. The van der Waals surface area contributed by atoms with Crippen LogP contribution in [0.4, 0.5) is 0 Å². The molecule has 0 aromatic rings. The van der Waals surface area contributed by atoms with Crippen molar-refractivity contribution in [2.45, 2.75) is 67.7 Å². The van der Waals surface area contributed by atoms with Crippen LogP contribution in [0.2, 0.25) is 0 Å². The van der Waals surface area contributed by atoms with Gasteiger partial charge in [-0.15, -0.1) is 0 Å². The molecule has 0 saturated heterocycles. The van der Waals surface area contributed by atoms with Gasteiger partial charge in [0.25, 0.3) is 0 Å². The molecule has 0 aromatic heterocycles. The Hall–Kier alpha value is 0. The molecule has 0 bridgehead atoms. The van der Waals surface area contributed by atoms with Gasteiger partial charge in [-0.2, -0.15) is 0 Å². The molecule has 0 rings (SSSR count). The predicted octanol–water partition coefficient (Wildman–Crippen LogP) is 5.38. The van der Waals surface area contributed by atoms with Crippen molar-refractivity contribution in [2.75, 3.05) is 0 Å². The largest absolute Gasteiger partial charge is 0.0651 e. The van der Waals surface area contributed by atoms with Crippen LogP contribution in [0.3, 0.4) is 0 Å². The standard InChI is InChI=1S/C15H32/c1-8-12(5)10-15(9-2)14(7)13(6)11(3)4/h11-15H,8-10H2,1-7H3. The highest BCUT2D eigenvalue weighted by Gasteiger charge is 2.24. The van der Waals surface area contributed by atoms with Crippen molar-refractivity contribution < 1.29 is 0 Å². The molecule has 0 radical (unpaired) electrons. The Bertz CT molecular complexity index is 148. The van der Waals surface area contributed by atoms with Crippen LogP contribution in [0.25, 0.3) is 0 Å². The van der Waals surface area contributed by atoms with Gasteiger partial charge >= 0.3 is 0 Å². The highest BCUT2D eigenvalue weighted by Crippen LogP contribution is 2.33. The molecule has 0 aliphatic rings. The first-order valence-corrected chi connectivity index (χ1v) is 6.93. The van der Waals surface area contributed by atoms with Crippen molar-refractivity contribution in [3.63, 3.8) is 0 Å². The Morgan fingerprint density at radius 3 is 1.60 bits per heavy atom. The van der Waals surface area contributed by atoms with Crippen molar-refractivity contribution in [1.29, 1.82) is 0 Å². The fourth-order valence-electron chi connectivity index (χ4n) is 2.47. The van der Waals surface area contributed by atoms with Gasteiger partial charge in [0.05, 0.1) is 0 Å². The second-order valence-electron chi connectivity index (χ2n) is 5.88. The summed E-state index contributed by atoms with van der Waals surface area (Å²) in [5, 5.41) is 0. The summed E-state index contributed by atoms with van der Waals surface area (Å²) in [6, 6.07) is 0. The maximum absolute atomic E-state index is 2.46. The third kappa shape index (κ3) is 5.04. The maximum atomic E-state index is 2.46. The molecule has 0 N–H and O–H groups in total. The van der Waals surface area contributed by atoms with E-state index in [0.717, 1.165) is 29.6 Å². The second-order valence-corrected chi connectivity index (χ2v) is 5.88. The van der Waals surface area contributed by atoms with Crippen LogP contribution >= 0.6 is 0 Å². The Labute approximate surface area is 97.8 Å². The van der Waals surface area contributed by atoms with Gasteiger partial charge in [-0.3, -0.25) is 0 Å². The average Bonchev–Trinajstić information content (AvgIpc) is 2.23. The van der Waals surface area contributed by atoms with Crippen LogP contribution in [-0.2, 0) is 0 Å². The SMILES string of the molecule is CCC(C)CC(CC)C(C)C(C)C(C)C. The van der Waals surface area contributed by atoms with Gasteiger partial charge in [-0.1, -0.05) is 61.3 Å². The van der Waals surface area contributed by atoms with Crippen molar-refractivity contribution in [3.05, 3.63) is 0 Å². The molecule has 0 heteroatoms. The van der Waals surface area contributed by atoms with E-state index < -0.39 is 0 Å². The summed E-state index contributed by atoms with van der Waals surface area (Å²) in [5.74, 6) is 4.39. The van der Waals surface area contributed by atoms with Crippen molar-refractivity contribution in [2.24, 2.45) is 29.6 Å². The summed E-state index contributed by atoms with van der Waals surface area (Å²) in [4.78, 5) is 0. The monoisotopic (exact) mass is 212 g/mol. The van der Waals surface area contributed by atoms with Gasteiger partial charge < -0.3 is 0 Å². The zero-order valence-corrected chi connectivity index (χ0v) is 12.0. The van der Waals surface area contributed by atoms with Crippen LogP contribution in [0.15, 0.2) is 0 Å².